The van der Waals surface area contributed by atoms with E-state index in [1.807, 2.05) is 0 Å². The summed E-state index contributed by atoms with van der Waals surface area (Å²) in [4.78, 5) is 30.5. The normalized spacial score (nSPS) is 14.8. The summed E-state index contributed by atoms with van der Waals surface area (Å²) in [7, 11) is -1.78. The van der Waals surface area contributed by atoms with Crippen molar-refractivity contribution in [2.24, 2.45) is 0 Å². The minimum absolute atomic E-state index is 0.0164. The molecule has 1 aliphatic heterocycles. The molecule has 1 amide bonds. The van der Waals surface area contributed by atoms with Crippen molar-refractivity contribution in [3.05, 3.63) is 93.5 Å². The van der Waals surface area contributed by atoms with Crippen LogP contribution in [0.2, 0.25) is 0 Å². The van der Waals surface area contributed by atoms with Gasteiger partial charge in [0.25, 0.3) is 10.0 Å². The van der Waals surface area contributed by atoms with E-state index in [1.54, 1.807) is 57.2 Å². The van der Waals surface area contributed by atoms with Crippen molar-refractivity contribution >= 4 is 43.9 Å². The molecule has 0 fully saturated rings. The number of benzene rings is 3. The molecule has 0 saturated carbocycles. The highest BCUT2D eigenvalue weighted by atomic mass is 32.2. The van der Waals surface area contributed by atoms with Crippen LogP contribution in [0.3, 0.4) is 0 Å². The Morgan fingerprint density at radius 1 is 1.12 bits per heavy atom. The van der Waals surface area contributed by atoms with E-state index >= 15 is 8.78 Å². The number of carbonyl (C=O) groups excluding carboxylic acids is 1. The van der Waals surface area contributed by atoms with E-state index in [4.69, 9.17) is 18.6 Å². The van der Waals surface area contributed by atoms with E-state index in [1.165, 1.54) is 25.4 Å². The van der Waals surface area contributed by atoms with Gasteiger partial charge in [0.1, 0.15) is 40.3 Å². The number of carbonyl (C=O) groups is 1. The first-order valence-electron chi connectivity index (χ1n) is 15.3. The molecule has 1 atom stereocenters. The minimum Gasteiger partial charge on any atom is -0.497 e. The van der Waals surface area contributed by atoms with Crippen molar-refractivity contribution in [3.8, 4) is 11.5 Å². The predicted molar refractivity (Wildman–Crippen MR) is 179 cm³/mol. The molecule has 13 nitrogen and oxygen atoms in total. The third kappa shape index (κ3) is 6.74. The SMILES string of the molecule is COc1ccc(CN(c2ncns2)S(=O)(=O)c2cc3oc(=O)n(Cc4cccc5c4CN(C(=O)OC(C)(C)C)CC5F)c3cc2F)c(OC)c1. The molecule has 1 aliphatic rings. The highest BCUT2D eigenvalue weighted by molar-refractivity contribution is 7.93. The highest BCUT2D eigenvalue weighted by Crippen LogP contribution is 2.35. The number of halogens is 2. The largest absolute Gasteiger partial charge is 0.497 e. The average Bonchev–Trinajstić information content (AvgIpc) is 3.70. The van der Waals surface area contributed by atoms with Gasteiger partial charge in [-0.2, -0.15) is 4.37 Å². The van der Waals surface area contributed by atoms with E-state index in [0.29, 0.717) is 33.8 Å². The topological polar surface area (TPSA) is 146 Å². The number of oxazole rings is 1. The van der Waals surface area contributed by atoms with E-state index in [-0.39, 0.29) is 42.4 Å². The van der Waals surface area contributed by atoms with Crippen LogP contribution in [0.1, 0.15) is 49.2 Å². The predicted octanol–water partition coefficient (Wildman–Crippen LogP) is 5.81. The number of amides is 1. The smallest absolute Gasteiger partial charge is 0.420 e. The lowest BCUT2D eigenvalue weighted by molar-refractivity contribution is 0.0158. The quantitative estimate of drug-likeness (QED) is 0.182. The molecule has 50 heavy (non-hydrogen) atoms. The van der Waals surface area contributed by atoms with Crippen LogP contribution in [-0.4, -0.2) is 59.7 Å². The third-order valence-electron chi connectivity index (χ3n) is 8.02. The summed E-state index contributed by atoms with van der Waals surface area (Å²) in [6.07, 6.45) is -1.02. The number of sulfonamides is 1. The Labute approximate surface area is 289 Å². The fourth-order valence-electron chi connectivity index (χ4n) is 5.67. The Kier molecular flexibility index (Phi) is 9.30. The molecule has 17 heteroatoms. The Morgan fingerprint density at radius 3 is 2.58 bits per heavy atom. The molecule has 2 aromatic heterocycles. The fraction of sp³-hybridized carbons (Fsp3) is 0.333. The highest BCUT2D eigenvalue weighted by Gasteiger charge is 2.34. The van der Waals surface area contributed by atoms with E-state index in [0.717, 1.165) is 32.5 Å². The van der Waals surface area contributed by atoms with Crippen LogP contribution < -0.4 is 19.5 Å². The Balaban J connectivity index is 1.36. The molecule has 1 unspecified atom stereocenters. The number of aromatic nitrogens is 3. The van der Waals surface area contributed by atoms with Gasteiger partial charge in [0.2, 0.25) is 5.13 Å². The molecule has 0 saturated heterocycles. The van der Waals surface area contributed by atoms with Gasteiger partial charge in [-0.1, -0.05) is 18.2 Å². The second-order valence-corrected chi connectivity index (χ2v) is 15.0. The molecule has 0 radical (unpaired) electrons. The van der Waals surface area contributed by atoms with Crippen molar-refractivity contribution in [1.29, 1.82) is 0 Å². The van der Waals surface area contributed by atoms with Gasteiger partial charge in [-0.15, -0.1) is 0 Å². The Bertz CT molecular complexity index is 2230. The maximum Gasteiger partial charge on any atom is 0.420 e. The maximum absolute atomic E-state index is 16.0. The summed E-state index contributed by atoms with van der Waals surface area (Å²) in [5.74, 6) is -1.25. The number of hydrogen-bond donors (Lipinski definition) is 0. The fourth-order valence-corrected chi connectivity index (χ4v) is 7.87. The molecule has 0 spiro atoms. The van der Waals surface area contributed by atoms with Crippen LogP contribution in [-0.2, 0) is 34.4 Å². The Hall–Kier alpha value is -5.03. The van der Waals surface area contributed by atoms with Gasteiger partial charge in [0.15, 0.2) is 5.58 Å². The molecule has 0 aliphatic carbocycles. The monoisotopic (exact) mass is 729 g/mol. The summed E-state index contributed by atoms with van der Waals surface area (Å²) < 4.78 is 87.0. The van der Waals surface area contributed by atoms with Crippen LogP contribution >= 0.6 is 11.5 Å². The van der Waals surface area contributed by atoms with Crippen molar-refractivity contribution in [3.63, 3.8) is 0 Å². The summed E-state index contributed by atoms with van der Waals surface area (Å²) in [5, 5.41) is -0.0400. The molecular weight excluding hydrogens is 697 g/mol. The van der Waals surface area contributed by atoms with Crippen LogP contribution in [0.15, 0.2) is 69.0 Å². The van der Waals surface area contributed by atoms with Crippen LogP contribution in [0, 0.1) is 5.82 Å². The van der Waals surface area contributed by atoms with Gasteiger partial charge >= 0.3 is 11.8 Å². The lowest BCUT2D eigenvalue weighted by Gasteiger charge is -2.34. The van der Waals surface area contributed by atoms with Gasteiger partial charge < -0.3 is 23.5 Å². The number of fused-ring (bicyclic) bond motifs is 2. The molecule has 0 bridgehead atoms. The first-order valence-corrected chi connectivity index (χ1v) is 17.5. The third-order valence-corrected chi connectivity index (χ3v) is 10.6. The molecule has 0 N–H and O–H groups in total. The second-order valence-electron chi connectivity index (χ2n) is 12.4. The number of alkyl halides is 1. The zero-order chi connectivity index (χ0) is 36.0. The lowest BCUT2D eigenvalue weighted by atomic mass is 9.93. The zero-order valence-electron chi connectivity index (χ0n) is 27.7. The maximum atomic E-state index is 16.0. The number of rotatable bonds is 9. The standard InChI is InChI=1S/C33H33F2N5O8S2/c1-33(2,3)48-31(41)38-16-23-19(7-6-8-22(23)25(35)17-38)14-39-26-12-24(34)29(13-28(26)47-32(39)42)50(43,44)40(30-36-18-37-49-30)15-20-9-10-21(45-4)11-27(20)46-5/h6-13,18,25H,14-17H2,1-5H3. The number of ether oxygens (including phenoxy) is 3. The van der Waals surface area contributed by atoms with Crippen molar-refractivity contribution < 1.29 is 40.6 Å². The molecule has 5 aromatic rings. The summed E-state index contributed by atoms with van der Waals surface area (Å²) in [6, 6.07) is 11.6. The van der Waals surface area contributed by atoms with Gasteiger partial charge in [0, 0.05) is 41.8 Å². The van der Waals surface area contributed by atoms with Crippen LogP contribution in [0.25, 0.3) is 11.1 Å². The van der Waals surface area contributed by atoms with E-state index in [9.17, 15) is 18.0 Å². The van der Waals surface area contributed by atoms with E-state index < -0.39 is 44.4 Å². The number of anilines is 1. The van der Waals surface area contributed by atoms with Crippen LogP contribution in [0.5, 0.6) is 11.5 Å². The van der Waals surface area contributed by atoms with E-state index in [2.05, 4.69) is 9.36 Å². The first-order chi connectivity index (χ1) is 23.7. The molecule has 3 heterocycles. The van der Waals surface area contributed by atoms with Crippen molar-refractivity contribution in [2.45, 2.75) is 57.1 Å². The van der Waals surface area contributed by atoms with Gasteiger partial charge in [-0.3, -0.25) is 4.57 Å². The average molecular weight is 730 g/mol. The van der Waals surface area contributed by atoms with Gasteiger partial charge in [-0.05, 0) is 49.6 Å². The first kappa shape index (κ1) is 34.8. The number of methoxy groups -OCH3 is 2. The second kappa shape index (κ2) is 13.4. The van der Waals surface area contributed by atoms with Crippen molar-refractivity contribution in [2.75, 3.05) is 25.1 Å². The minimum atomic E-state index is -4.68. The zero-order valence-corrected chi connectivity index (χ0v) is 29.3. The summed E-state index contributed by atoms with van der Waals surface area (Å²) >= 11 is 0.787. The molecule has 6 rings (SSSR count). The summed E-state index contributed by atoms with van der Waals surface area (Å²) in [6.45, 7) is 4.45. The number of hydrogen-bond acceptors (Lipinski definition) is 11. The number of nitrogens with zero attached hydrogens (tertiary/aromatic N) is 5. The van der Waals surface area contributed by atoms with Crippen molar-refractivity contribution in [1.82, 2.24) is 18.8 Å². The molecule has 3 aromatic carbocycles. The molecule has 264 valence electrons. The van der Waals surface area contributed by atoms with Gasteiger partial charge in [-0.25, -0.2) is 36.1 Å². The van der Waals surface area contributed by atoms with Crippen LogP contribution in [0.4, 0.5) is 18.7 Å². The van der Waals surface area contributed by atoms with Gasteiger partial charge in [0.05, 0.1) is 39.4 Å². The molecular formula is C33H33F2N5O8S2. The lowest BCUT2D eigenvalue weighted by Crippen LogP contribution is -2.41. The summed E-state index contributed by atoms with van der Waals surface area (Å²) in [5.41, 5.74) is 0.721. The Morgan fingerprint density at radius 2 is 1.90 bits per heavy atom.